The quantitative estimate of drug-likeness (QED) is 0.537. The first-order valence-electron chi connectivity index (χ1n) is 8.44. The van der Waals surface area contributed by atoms with Crippen molar-refractivity contribution in [2.45, 2.75) is 33.3 Å². The monoisotopic (exact) mass is 369 g/mol. The Bertz CT molecular complexity index is 930. The minimum absolute atomic E-state index is 0.0727. The number of aryl methyl sites for hydroxylation is 1. The van der Waals surface area contributed by atoms with Crippen LogP contribution in [0.5, 0.6) is 17.4 Å². The summed E-state index contributed by atoms with van der Waals surface area (Å²) in [5.41, 5.74) is 2.63. The number of benzene rings is 2. The van der Waals surface area contributed by atoms with Gasteiger partial charge in [0.2, 0.25) is 5.88 Å². The molecule has 0 amide bonds. The van der Waals surface area contributed by atoms with E-state index in [1.165, 1.54) is 0 Å². The lowest BCUT2D eigenvalue weighted by Crippen LogP contribution is -2.05. The molecule has 0 bridgehead atoms. The summed E-state index contributed by atoms with van der Waals surface area (Å²) in [5, 5.41) is 1.43. The van der Waals surface area contributed by atoms with Crippen molar-refractivity contribution < 1.29 is 14.3 Å². The maximum Gasteiger partial charge on any atom is 0.219 e. The van der Waals surface area contributed by atoms with Crippen molar-refractivity contribution in [3.63, 3.8) is 0 Å². The second kappa shape index (κ2) is 7.75. The molecule has 0 aliphatic rings. The second-order valence-corrected chi connectivity index (χ2v) is 6.77. The maximum absolute atomic E-state index is 10.7. The van der Waals surface area contributed by atoms with E-state index in [9.17, 15) is 4.79 Å². The molecule has 1 heterocycles. The van der Waals surface area contributed by atoms with Gasteiger partial charge in [0.1, 0.15) is 12.0 Å². The third-order valence-electron chi connectivity index (χ3n) is 3.83. The highest BCUT2D eigenvalue weighted by molar-refractivity contribution is 6.32. The third kappa shape index (κ3) is 4.14. The number of pyridine rings is 1. The average molecular weight is 370 g/mol. The minimum Gasteiger partial charge on any atom is -0.491 e. The lowest BCUT2D eigenvalue weighted by Gasteiger charge is -2.15. The van der Waals surface area contributed by atoms with Gasteiger partial charge in [0.15, 0.2) is 5.75 Å². The van der Waals surface area contributed by atoms with E-state index in [0.717, 1.165) is 28.3 Å². The zero-order chi connectivity index (χ0) is 18.7. The van der Waals surface area contributed by atoms with Gasteiger partial charge in [-0.3, -0.25) is 0 Å². The fourth-order valence-corrected chi connectivity index (χ4v) is 3.00. The molecule has 0 atom stereocenters. The van der Waals surface area contributed by atoms with Crippen molar-refractivity contribution in [1.82, 2.24) is 4.98 Å². The van der Waals surface area contributed by atoms with Crippen LogP contribution in [0, 0.1) is 6.92 Å². The predicted octanol–water partition coefficient (Wildman–Crippen LogP) is 5.52. The molecule has 3 aromatic rings. The molecule has 0 radical (unpaired) electrons. The highest BCUT2D eigenvalue weighted by Gasteiger charge is 2.12. The van der Waals surface area contributed by atoms with Crippen LogP contribution >= 0.6 is 11.6 Å². The van der Waals surface area contributed by atoms with Gasteiger partial charge in [-0.15, -0.1) is 0 Å². The lowest BCUT2D eigenvalue weighted by molar-refractivity contribution is -0.107. The number of nitrogens with zero attached hydrogens (tertiary/aromatic N) is 1. The molecule has 2 aromatic carbocycles. The van der Waals surface area contributed by atoms with E-state index in [1.54, 1.807) is 12.1 Å². The Kier molecular flexibility index (Phi) is 5.43. The molecule has 134 valence electrons. The van der Waals surface area contributed by atoms with E-state index >= 15 is 0 Å². The normalized spacial score (nSPS) is 11.0. The van der Waals surface area contributed by atoms with Crippen molar-refractivity contribution >= 4 is 28.8 Å². The summed E-state index contributed by atoms with van der Waals surface area (Å²) in [6.45, 7) is 5.85. The van der Waals surface area contributed by atoms with Gasteiger partial charge in [0, 0.05) is 23.9 Å². The molecule has 0 aliphatic heterocycles. The van der Waals surface area contributed by atoms with E-state index in [-0.39, 0.29) is 6.10 Å². The summed E-state index contributed by atoms with van der Waals surface area (Å²) in [4.78, 5) is 15.2. The minimum atomic E-state index is 0.0727. The van der Waals surface area contributed by atoms with Gasteiger partial charge in [0.05, 0.1) is 16.6 Å². The first kappa shape index (κ1) is 18.2. The highest BCUT2D eigenvalue weighted by Crippen LogP contribution is 2.36. The van der Waals surface area contributed by atoms with Gasteiger partial charge in [-0.2, -0.15) is 0 Å². The van der Waals surface area contributed by atoms with Crippen LogP contribution in [0.4, 0.5) is 0 Å². The molecule has 0 saturated carbocycles. The Hall–Kier alpha value is -2.59. The highest BCUT2D eigenvalue weighted by atomic mass is 35.5. The molecule has 0 unspecified atom stereocenters. The number of hydrogen-bond donors (Lipinski definition) is 0. The maximum atomic E-state index is 10.7. The van der Waals surface area contributed by atoms with Gasteiger partial charge in [0.25, 0.3) is 0 Å². The molecular weight excluding hydrogens is 350 g/mol. The lowest BCUT2D eigenvalue weighted by atomic mass is 10.1. The number of hydrogen-bond acceptors (Lipinski definition) is 4. The average Bonchev–Trinajstić information content (AvgIpc) is 2.58. The van der Waals surface area contributed by atoms with Gasteiger partial charge in [-0.1, -0.05) is 17.7 Å². The van der Waals surface area contributed by atoms with Crippen LogP contribution in [0.2, 0.25) is 5.02 Å². The van der Waals surface area contributed by atoms with Crippen LogP contribution in [0.15, 0.2) is 42.5 Å². The van der Waals surface area contributed by atoms with Crippen LogP contribution in [0.3, 0.4) is 0 Å². The molecule has 0 fully saturated rings. The number of halogens is 1. The van der Waals surface area contributed by atoms with Gasteiger partial charge < -0.3 is 14.3 Å². The number of aldehydes is 1. The molecule has 0 spiro atoms. The van der Waals surface area contributed by atoms with E-state index in [2.05, 4.69) is 4.98 Å². The smallest absolute Gasteiger partial charge is 0.219 e. The number of carbonyl (C=O) groups excluding carboxylic acids is 1. The van der Waals surface area contributed by atoms with Crippen molar-refractivity contribution in [3.8, 4) is 17.4 Å². The summed E-state index contributed by atoms with van der Waals surface area (Å²) in [6.07, 6.45) is 1.36. The summed E-state index contributed by atoms with van der Waals surface area (Å²) >= 11 is 6.38. The zero-order valence-corrected chi connectivity index (χ0v) is 15.7. The topological polar surface area (TPSA) is 48.4 Å². The van der Waals surface area contributed by atoms with Crippen LogP contribution in [-0.4, -0.2) is 17.4 Å². The molecule has 3 rings (SSSR count). The zero-order valence-electron chi connectivity index (χ0n) is 15.0. The van der Waals surface area contributed by atoms with Gasteiger partial charge in [-0.25, -0.2) is 4.98 Å². The number of rotatable bonds is 6. The predicted molar refractivity (Wildman–Crippen MR) is 104 cm³/mol. The Labute approximate surface area is 157 Å². The molecule has 1 aromatic heterocycles. The number of aromatic nitrogens is 1. The van der Waals surface area contributed by atoms with Crippen LogP contribution in [0.1, 0.15) is 25.0 Å². The number of carbonyl (C=O) groups is 1. The van der Waals surface area contributed by atoms with Crippen molar-refractivity contribution in [2.24, 2.45) is 0 Å². The fraction of sp³-hybridized carbons (Fsp3) is 0.238. The van der Waals surface area contributed by atoms with Crippen molar-refractivity contribution in [1.29, 1.82) is 0 Å². The number of fused-ring (bicyclic) bond motifs is 1. The summed E-state index contributed by atoms with van der Waals surface area (Å²) in [7, 11) is 0. The Morgan fingerprint density at radius 1 is 1.15 bits per heavy atom. The first-order chi connectivity index (χ1) is 12.5. The summed E-state index contributed by atoms with van der Waals surface area (Å²) in [6, 6.07) is 13.1. The van der Waals surface area contributed by atoms with Crippen molar-refractivity contribution in [2.75, 3.05) is 0 Å². The summed E-state index contributed by atoms with van der Waals surface area (Å²) < 4.78 is 11.6. The number of ether oxygens (including phenoxy) is 2. The molecular formula is C21H20ClNO3. The van der Waals surface area contributed by atoms with Crippen LogP contribution in [0.25, 0.3) is 10.9 Å². The fourth-order valence-electron chi connectivity index (χ4n) is 2.71. The van der Waals surface area contributed by atoms with Gasteiger partial charge in [-0.05, 0) is 56.2 Å². The molecule has 4 nitrogen and oxygen atoms in total. The first-order valence-corrected chi connectivity index (χ1v) is 8.82. The van der Waals surface area contributed by atoms with E-state index < -0.39 is 0 Å². The molecule has 0 aliphatic carbocycles. The summed E-state index contributed by atoms with van der Waals surface area (Å²) in [5.74, 6) is 1.74. The largest absolute Gasteiger partial charge is 0.491 e. The second-order valence-electron chi connectivity index (χ2n) is 6.37. The molecule has 0 saturated heterocycles. The SMILES string of the molecule is Cc1cc(OC(C)C)cc(Cl)c1Oc1ccc2cc(CC=O)ccc2n1. The van der Waals surface area contributed by atoms with Crippen molar-refractivity contribution in [3.05, 3.63) is 58.6 Å². The van der Waals surface area contributed by atoms with Crippen LogP contribution < -0.4 is 9.47 Å². The van der Waals surface area contributed by atoms with E-state index in [4.69, 9.17) is 21.1 Å². The Morgan fingerprint density at radius 2 is 1.96 bits per heavy atom. The van der Waals surface area contributed by atoms with Gasteiger partial charge >= 0.3 is 0 Å². The van der Waals surface area contributed by atoms with Crippen LogP contribution in [-0.2, 0) is 11.2 Å². The Balaban J connectivity index is 1.88. The third-order valence-corrected chi connectivity index (χ3v) is 4.11. The molecule has 0 N–H and O–H groups in total. The van der Waals surface area contributed by atoms with E-state index in [0.29, 0.717) is 28.8 Å². The molecule has 26 heavy (non-hydrogen) atoms. The standard InChI is InChI=1S/C21H20ClNO3/c1-13(2)25-17-10-14(3)21(18(22)12-17)26-20-7-5-16-11-15(8-9-24)4-6-19(16)23-20/h4-7,9-13H,8H2,1-3H3. The van der Waals surface area contributed by atoms with E-state index in [1.807, 2.05) is 51.1 Å². The Morgan fingerprint density at radius 3 is 2.65 bits per heavy atom. The molecule has 5 heteroatoms.